The molecule has 0 aromatic heterocycles. The van der Waals surface area contributed by atoms with Crippen LogP contribution in [0.3, 0.4) is 0 Å². The van der Waals surface area contributed by atoms with Crippen LogP contribution in [0.25, 0.3) is 0 Å². The summed E-state index contributed by atoms with van der Waals surface area (Å²) < 4.78 is 5.50. The summed E-state index contributed by atoms with van der Waals surface area (Å²) in [6.45, 7) is 5.00. The molecule has 0 aliphatic carbocycles. The van der Waals surface area contributed by atoms with Crippen LogP contribution in [-0.4, -0.2) is 47.4 Å². The van der Waals surface area contributed by atoms with Crippen molar-refractivity contribution >= 4 is 11.9 Å². The number of unbranched alkanes of at least 4 members (excludes halogenated alkanes) is 62. The first-order chi connectivity index (χ1) is 43.5. The van der Waals surface area contributed by atoms with E-state index in [9.17, 15) is 19.8 Å². The van der Waals surface area contributed by atoms with Crippen molar-refractivity contribution < 1.29 is 24.5 Å². The number of amides is 1. The van der Waals surface area contributed by atoms with Gasteiger partial charge in [0.05, 0.1) is 25.4 Å². The Morgan fingerprint density at radius 3 is 0.807 bits per heavy atom. The van der Waals surface area contributed by atoms with Gasteiger partial charge >= 0.3 is 5.97 Å². The third-order valence-electron chi connectivity index (χ3n) is 19.2. The second-order valence-electron chi connectivity index (χ2n) is 28.1. The van der Waals surface area contributed by atoms with Gasteiger partial charge in [-0.15, -0.1) is 0 Å². The highest BCUT2D eigenvalue weighted by atomic mass is 16.5. The second kappa shape index (κ2) is 77.8. The van der Waals surface area contributed by atoms with Crippen molar-refractivity contribution in [2.24, 2.45) is 0 Å². The fourth-order valence-electron chi connectivity index (χ4n) is 13.0. The van der Waals surface area contributed by atoms with Gasteiger partial charge in [0, 0.05) is 12.8 Å². The molecular weight excluding hydrogens is 1080 g/mol. The predicted octanol–water partition coefficient (Wildman–Crippen LogP) is 26.8. The van der Waals surface area contributed by atoms with Gasteiger partial charge in [-0.1, -0.05) is 398 Å². The van der Waals surface area contributed by atoms with Crippen LogP contribution in [0.5, 0.6) is 0 Å². The van der Waals surface area contributed by atoms with Crippen molar-refractivity contribution in [3.63, 3.8) is 0 Å². The Bertz CT molecular complexity index is 1380. The highest BCUT2D eigenvalue weighted by Crippen LogP contribution is 2.20. The van der Waals surface area contributed by atoms with E-state index in [4.69, 9.17) is 4.74 Å². The summed E-state index contributed by atoms with van der Waals surface area (Å²) in [6, 6.07) is -0.541. The number of nitrogens with one attached hydrogen (secondary N) is 1. The first-order valence-electron chi connectivity index (χ1n) is 40.6. The number of carbonyl (C=O) groups is 2. The number of carbonyl (C=O) groups excluding carboxylic acids is 2. The molecule has 0 heterocycles. The van der Waals surface area contributed by atoms with Crippen LogP contribution in [0.15, 0.2) is 24.3 Å². The minimum absolute atomic E-state index is 0.0114. The van der Waals surface area contributed by atoms with Gasteiger partial charge in [-0.05, 0) is 77.0 Å². The molecule has 0 radical (unpaired) electrons. The number of esters is 1. The molecule has 0 saturated heterocycles. The van der Waals surface area contributed by atoms with Crippen molar-refractivity contribution in [3.8, 4) is 0 Å². The molecule has 6 nitrogen and oxygen atoms in total. The summed E-state index contributed by atoms with van der Waals surface area (Å²) >= 11 is 0. The van der Waals surface area contributed by atoms with Crippen LogP contribution < -0.4 is 5.32 Å². The molecule has 0 rings (SSSR count). The van der Waals surface area contributed by atoms with Gasteiger partial charge in [0.25, 0.3) is 0 Å². The minimum Gasteiger partial charge on any atom is -0.466 e. The van der Waals surface area contributed by atoms with E-state index in [2.05, 4.69) is 43.5 Å². The van der Waals surface area contributed by atoms with Crippen molar-refractivity contribution in [3.05, 3.63) is 24.3 Å². The minimum atomic E-state index is -0.664. The van der Waals surface area contributed by atoms with Crippen LogP contribution in [0.2, 0.25) is 0 Å². The number of ether oxygens (including phenoxy) is 1. The van der Waals surface area contributed by atoms with Crippen molar-refractivity contribution in [2.75, 3.05) is 13.2 Å². The zero-order chi connectivity index (χ0) is 63.5. The number of hydrogen-bond acceptors (Lipinski definition) is 5. The molecule has 1 amide bonds. The molecule has 0 aromatic carbocycles. The summed E-state index contributed by atoms with van der Waals surface area (Å²) in [6.07, 6.45) is 99.9. The van der Waals surface area contributed by atoms with Crippen molar-refractivity contribution in [2.45, 2.75) is 475 Å². The lowest BCUT2D eigenvalue weighted by molar-refractivity contribution is -0.143. The lowest BCUT2D eigenvalue weighted by atomic mass is 10.0. The maximum Gasteiger partial charge on any atom is 0.305 e. The van der Waals surface area contributed by atoms with Crippen molar-refractivity contribution in [1.82, 2.24) is 5.32 Å². The maximum absolute atomic E-state index is 12.6. The van der Waals surface area contributed by atoms with E-state index in [1.807, 2.05) is 0 Å². The molecule has 0 aromatic rings. The van der Waals surface area contributed by atoms with Crippen LogP contribution in [0.1, 0.15) is 463 Å². The Balaban J connectivity index is 3.36. The van der Waals surface area contributed by atoms with E-state index < -0.39 is 12.1 Å². The maximum atomic E-state index is 12.6. The van der Waals surface area contributed by atoms with Crippen LogP contribution in [-0.2, 0) is 14.3 Å². The van der Waals surface area contributed by atoms with Gasteiger partial charge in [-0.25, -0.2) is 0 Å². The average Bonchev–Trinajstić information content (AvgIpc) is 3.57. The molecule has 88 heavy (non-hydrogen) atoms. The number of allylic oxidation sites excluding steroid dienone is 4. The molecule has 0 saturated carbocycles. The summed E-state index contributed by atoms with van der Waals surface area (Å²) in [4.78, 5) is 24.7. The van der Waals surface area contributed by atoms with Gasteiger partial charge in [-0.3, -0.25) is 9.59 Å². The molecule has 2 atom stereocenters. The number of rotatable bonds is 77. The zero-order valence-electron chi connectivity index (χ0n) is 60.0. The van der Waals surface area contributed by atoms with Crippen molar-refractivity contribution in [1.29, 1.82) is 0 Å². The molecule has 3 N–H and O–H groups in total. The standard InChI is InChI=1S/C82H159NO5/c1-3-5-7-9-11-13-15-17-19-21-22-23-24-34-37-40-43-46-50-54-58-62-66-70-74-80(85)79(78-84)83-81(86)75-71-67-63-59-55-51-47-44-41-38-35-32-30-28-26-25-27-29-31-33-36-39-42-45-49-53-57-61-65-69-73-77-88-82(87)76-72-68-64-60-56-52-48-20-18-16-14-12-10-8-6-4-2/h20,27,29,48,79-80,84-85H,3-19,21-26,28,30-47,49-78H2,1-2H3,(H,83,86)/b29-27-,48-20-. The molecular formula is C82H159NO5. The van der Waals surface area contributed by atoms with E-state index in [-0.39, 0.29) is 18.5 Å². The number of hydrogen-bond donors (Lipinski definition) is 3. The monoisotopic (exact) mass is 1240 g/mol. The number of aliphatic hydroxyl groups is 2. The molecule has 2 unspecified atom stereocenters. The first kappa shape index (κ1) is 86.3. The Hall–Kier alpha value is -1.66. The summed E-state index contributed by atoms with van der Waals surface area (Å²) in [5, 5.41) is 23.5. The second-order valence-corrected chi connectivity index (χ2v) is 28.1. The van der Waals surface area contributed by atoms with E-state index in [1.165, 1.54) is 385 Å². The Morgan fingerprint density at radius 1 is 0.307 bits per heavy atom. The molecule has 0 aliphatic rings. The fraction of sp³-hybridized carbons (Fsp3) is 0.927. The Kier molecular flexibility index (Phi) is 76.3. The lowest BCUT2D eigenvalue weighted by Gasteiger charge is -2.22. The van der Waals surface area contributed by atoms with Gasteiger partial charge < -0.3 is 20.3 Å². The Labute approximate surface area is 551 Å². The average molecular weight is 1240 g/mol. The van der Waals surface area contributed by atoms with E-state index in [0.29, 0.717) is 25.9 Å². The predicted molar refractivity (Wildman–Crippen MR) is 389 cm³/mol. The van der Waals surface area contributed by atoms with Gasteiger partial charge in [-0.2, -0.15) is 0 Å². The molecule has 0 spiro atoms. The summed E-state index contributed by atoms with van der Waals surface area (Å²) in [7, 11) is 0. The van der Waals surface area contributed by atoms with Gasteiger partial charge in [0.1, 0.15) is 0 Å². The molecule has 0 aliphatic heterocycles. The first-order valence-corrected chi connectivity index (χ1v) is 40.6. The van der Waals surface area contributed by atoms with Crippen LogP contribution in [0.4, 0.5) is 0 Å². The normalized spacial score (nSPS) is 12.5. The van der Waals surface area contributed by atoms with E-state index in [1.54, 1.807) is 0 Å². The molecule has 0 fully saturated rings. The van der Waals surface area contributed by atoms with Gasteiger partial charge in [0.2, 0.25) is 5.91 Å². The largest absolute Gasteiger partial charge is 0.466 e. The van der Waals surface area contributed by atoms with Crippen LogP contribution in [0, 0.1) is 0 Å². The van der Waals surface area contributed by atoms with E-state index in [0.717, 1.165) is 44.9 Å². The highest BCUT2D eigenvalue weighted by molar-refractivity contribution is 5.76. The molecule has 6 heteroatoms. The SMILES string of the molecule is CCCCCCCCC/C=C\CCCCCCCC(=O)OCCCCCCCCCCCCCC/C=C\CCCCCCCCCCCCCCCCCC(=O)NC(CO)C(O)CCCCCCCCCCCCCCCCCCCCCCCCCC. The van der Waals surface area contributed by atoms with Gasteiger partial charge in [0.15, 0.2) is 0 Å². The zero-order valence-corrected chi connectivity index (χ0v) is 60.0. The Morgan fingerprint density at radius 2 is 0.534 bits per heavy atom. The fourth-order valence-corrected chi connectivity index (χ4v) is 13.0. The lowest BCUT2D eigenvalue weighted by Crippen LogP contribution is -2.45. The third kappa shape index (κ3) is 73.4. The smallest absolute Gasteiger partial charge is 0.305 e. The molecule has 522 valence electrons. The highest BCUT2D eigenvalue weighted by Gasteiger charge is 2.20. The summed E-state index contributed by atoms with van der Waals surface area (Å²) in [5.41, 5.74) is 0. The number of aliphatic hydroxyl groups excluding tert-OH is 2. The third-order valence-corrected chi connectivity index (χ3v) is 19.2. The quantitative estimate of drug-likeness (QED) is 0.0320. The summed E-state index contributed by atoms with van der Waals surface area (Å²) in [5.74, 6) is -0.0156. The topological polar surface area (TPSA) is 95.9 Å². The van der Waals surface area contributed by atoms with E-state index >= 15 is 0 Å². The molecule has 0 bridgehead atoms. The van der Waals surface area contributed by atoms with Crippen LogP contribution >= 0.6 is 0 Å².